The fourth-order valence-corrected chi connectivity index (χ4v) is 2.05. The van der Waals surface area contributed by atoms with Gasteiger partial charge in [0, 0.05) is 31.0 Å². The van der Waals surface area contributed by atoms with Gasteiger partial charge in [-0.25, -0.2) is 0 Å². The van der Waals surface area contributed by atoms with Crippen LogP contribution < -0.4 is 5.73 Å². The lowest BCUT2D eigenvalue weighted by atomic mass is 9.97. The number of likely N-dealkylation sites (N-methyl/N-ethyl adjacent to an activating group) is 1. The highest BCUT2D eigenvalue weighted by Gasteiger charge is 2.30. The van der Waals surface area contributed by atoms with Crippen LogP contribution in [0.4, 0.5) is 13.2 Å². The molecule has 108 valence electrons. The summed E-state index contributed by atoms with van der Waals surface area (Å²) in [4.78, 5) is 5.58. The van der Waals surface area contributed by atoms with Crippen molar-refractivity contribution in [2.24, 2.45) is 5.73 Å². The first-order valence-corrected chi connectivity index (χ1v) is 6.27. The molecule has 1 rings (SSSR count). The monoisotopic (exact) mass is 275 g/mol. The van der Waals surface area contributed by atoms with Crippen molar-refractivity contribution in [3.63, 3.8) is 0 Å². The highest BCUT2D eigenvalue weighted by atomic mass is 19.4. The van der Waals surface area contributed by atoms with Crippen LogP contribution in [0.3, 0.4) is 0 Å². The Hall–Kier alpha value is -1.14. The van der Waals surface area contributed by atoms with Crippen LogP contribution in [0.5, 0.6) is 0 Å². The molecule has 0 saturated carbocycles. The predicted molar refractivity (Wildman–Crippen MR) is 68.5 cm³/mol. The Balaban J connectivity index is 2.80. The average molecular weight is 275 g/mol. The van der Waals surface area contributed by atoms with Crippen molar-refractivity contribution in [2.45, 2.75) is 38.0 Å². The largest absolute Gasteiger partial charge is 0.390 e. The van der Waals surface area contributed by atoms with Crippen molar-refractivity contribution >= 4 is 0 Å². The van der Waals surface area contributed by atoms with Crippen molar-refractivity contribution in [3.05, 3.63) is 30.1 Å². The second kappa shape index (κ2) is 6.86. The molecule has 0 aliphatic heterocycles. The summed E-state index contributed by atoms with van der Waals surface area (Å²) in [6.07, 6.45) is -1.02. The maximum atomic E-state index is 12.3. The van der Waals surface area contributed by atoms with E-state index in [0.717, 1.165) is 5.56 Å². The molecule has 2 unspecified atom stereocenters. The third kappa shape index (κ3) is 5.16. The minimum atomic E-state index is -4.15. The van der Waals surface area contributed by atoms with Gasteiger partial charge in [-0.2, -0.15) is 13.2 Å². The molecule has 0 aliphatic rings. The topological polar surface area (TPSA) is 42.1 Å². The number of nitrogens with zero attached hydrogens (tertiary/aromatic N) is 2. The Morgan fingerprint density at radius 1 is 1.32 bits per heavy atom. The van der Waals surface area contributed by atoms with Gasteiger partial charge in [0.1, 0.15) is 0 Å². The first kappa shape index (κ1) is 15.9. The summed E-state index contributed by atoms with van der Waals surface area (Å²) < 4.78 is 36.9. The standard InChI is InChI=1S/C13H20F3N3/c1-3-11(17)12(10-4-7-18-8-5-10)19(2)9-6-13(14,15)16/h4-5,7-8,11-12H,3,6,9,17H2,1-2H3. The first-order valence-electron chi connectivity index (χ1n) is 6.27. The summed E-state index contributed by atoms with van der Waals surface area (Å²) in [5.74, 6) is 0. The van der Waals surface area contributed by atoms with Crippen LogP contribution >= 0.6 is 0 Å². The van der Waals surface area contributed by atoms with Crippen molar-refractivity contribution in [1.29, 1.82) is 0 Å². The van der Waals surface area contributed by atoms with E-state index in [1.807, 2.05) is 6.92 Å². The summed E-state index contributed by atoms with van der Waals surface area (Å²) in [5.41, 5.74) is 6.94. The number of nitrogens with two attached hydrogens (primary N) is 1. The molecule has 0 aliphatic carbocycles. The molecule has 2 N–H and O–H groups in total. The Morgan fingerprint density at radius 3 is 2.37 bits per heavy atom. The van der Waals surface area contributed by atoms with E-state index in [0.29, 0.717) is 6.42 Å². The molecule has 19 heavy (non-hydrogen) atoms. The molecular formula is C13H20F3N3. The van der Waals surface area contributed by atoms with E-state index < -0.39 is 12.6 Å². The lowest BCUT2D eigenvalue weighted by Crippen LogP contribution is -2.40. The van der Waals surface area contributed by atoms with Gasteiger partial charge >= 0.3 is 6.18 Å². The minimum Gasteiger partial charge on any atom is -0.326 e. The van der Waals surface area contributed by atoms with Crippen molar-refractivity contribution in [3.8, 4) is 0 Å². The molecule has 0 fully saturated rings. The molecule has 6 heteroatoms. The highest BCUT2D eigenvalue weighted by Crippen LogP contribution is 2.26. The number of aromatic nitrogens is 1. The normalized spacial score (nSPS) is 15.5. The molecule has 1 heterocycles. The minimum absolute atomic E-state index is 0.0653. The molecule has 3 nitrogen and oxygen atoms in total. The van der Waals surface area contributed by atoms with Gasteiger partial charge in [-0.3, -0.25) is 9.88 Å². The van der Waals surface area contributed by atoms with E-state index in [2.05, 4.69) is 4.98 Å². The van der Waals surface area contributed by atoms with E-state index in [1.54, 1.807) is 36.5 Å². The quantitative estimate of drug-likeness (QED) is 0.868. The number of pyridine rings is 1. The summed E-state index contributed by atoms with van der Waals surface area (Å²) in [6.45, 7) is 1.86. The van der Waals surface area contributed by atoms with E-state index in [9.17, 15) is 13.2 Å². The molecule has 1 aromatic heterocycles. The van der Waals surface area contributed by atoms with Crippen molar-refractivity contribution < 1.29 is 13.2 Å². The molecule has 0 spiro atoms. The molecule has 2 atom stereocenters. The Bertz CT molecular complexity index is 367. The Morgan fingerprint density at radius 2 is 1.89 bits per heavy atom. The first-order chi connectivity index (χ1) is 8.85. The van der Waals surface area contributed by atoms with E-state index in [-0.39, 0.29) is 18.6 Å². The van der Waals surface area contributed by atoms with Gasteiger partial charge in [-0.15, -0.1) is 0 Å². The predicted octanol–water partition coefficient (Wildman–Crippen LogP) is 2.74. The van der Waals surface area contributed by atoms with Crippen LogP contribution in [0.25, 0.3) is 0 Å². The average Bonchev–Trinajstić information content (AvgIpc) is 2.37. The Labute approximate surface area is 111 Å². The van der Waals surface area contributed by atoms with Gasteiger partial charge in [0.15, 0.2) is 0 Å². The third-order valence-electron chi connectivity index (χ3n) is 3.15. The van der Waals surface area contributed by atoms with Crippen LogP contribution in [0.1, 0.15) is 31.4 Å². The molecule has 0 bridgehead atoms. The maximum absolute atomic E-state index is 12.3. The molecule has 1 aromatic rings. The van der Waals surface area contributed by atoms with Crippen LogP contribution in [-0.2, 0) is 0 Å². The maximum Gasteiger partial charge on any atom is 0.390 e. The van der Waals surface area contributed by atoms with Crippen LogP contribution in [0.15, 0.2) is 24.5 Å². The molecule has 0 radical (unpaired) electrons. The fraction of sp³-hybridized carbons (Fsp3) is 0.615. The zero-order valence-corrected chi connectivity index (χ0v) is 11.2. The highest BCUT2D eigenvalue weighted by molar-refractivity contribution is 5.17. The van der Waals surface area contributed by atoms with Gasteiger partial charge in [0.2, 0.25) is 0 Å². The van der Waals surface area contributed by atoms with Gasteiger partial charge in [0.05, 0.1) is 6.42 Å². The van der Waals surface area contributed by atoms with Crippen LogP contribution in [-0.4, -0.2) is 35.7 Å². The van der Waals surface area contributed by atoms with E-state index in [4.69, 9.17) is 5.73 Å². The molecule has 0 aromatic carbocycles. The Kier molecular flexibility index (Phi) is 5.75. The second-order valence-corrected chi connectivity index (χ2v) is 4.64. The van der Waals surface area contributed by atoms with Crippen LogP contribution in [0, 0.1) is 0 Å². The summed E-state index contributed by atoms with van der Waals surface area (Å²) in [5, 5.41) is 0. The number of rotatable bonds is 6. The number of alkyl halides is 3. The molecule has 0 saturated heterocycles. The smallest absolute Gasteiger partial charge is 0.326 e. The van der Waals surface area contributed by atoms with Gasteiger partial charge in [-0.1, -0.05) is 6.92 Å². The summed E-state index contributed by atoms with van der Waals surface area (Å²) >= 11 is 0. The van der Waals surface area contributed by atoms with Crippen LogP contribution in [0.2, 0.25) is 0 Å². The summed E-state index contributed by atoms with van der Waals surface area (Å²) in [7, 11) is 1.67. The number of hydrogen-bond donors (Lipinski definition) is 1. The summed E-state index contributed by atoms with van der Waals surface area (Å²) in [6, 6.07) is 3.16. The lowest BCUT2D eigenvalue weighted by molar-refractivity contribution is -0.138. The number of hydrogen-bond acceptors (Lipinski definition) is 3. The second-order valence-electron chi connectivity index (χ2n) is 4.64. The van der Waals surface area contributed by atoms with Gasteiger partial charge < -0.3 is 5.73 Å². The lowest BCUT2D eigenvalue weighted by Gasteiger charge is -2.33. The van der Waals surface area contributed by atoms with Crippen molar-refractivity contribution in [1.82, 2.24) is 9.88 Å². The van der Waals surface area contributed by atoms with Gasteiger partial charge in [-0.05, 0) is 31.2 Å². The van der Waals surface area contributed by atoms with E-state index in [1.165, 1.54) is 0 Å². The zero-order valence-electron chi connectivity index (χ0n) is 11.2. The molecular weight excluding hydrogens is 255 g/mol. The number of halogens is 3. The third-order valence-corrected chi connectivity index (χ3v) is 3.15. The zero-order chi connectivity index (χ0) is 14.5. The van der Waals surface area contributed by atoms with Crippen molar-refractivity contribution in [2.75, 3.05) is 13.6 Å². The molecule has 0 amide bonds. The fourth-order valence-electron chi connectivity index (χ4n) is 2.05. The van der Waals surface area contributed by atoms with E-state index >= 15 is 0 Å². The van der Waals surface area contributed by atoms with Gasteiger partial charge in [0.25, 0.3) is 0 Å². The SMILES string of the molecule is CCC(N)C(c1ccncc1)N(C)CCC(F)(F)F.